The summed E-state index contributed by atoms with van der Waals surface area (Å²) in [5, 5.41) is 9.00. The number of rotatable bonds is 3. The number of carbonyl (C=O) groups is 1. The Morgan fingerprint density at radius 3 is 2.52 bits per heavy atom. The van der Waals surface area contributed by atoms with E-state index >= 15 is 0 Å². The van der Waals surface area contributed by atoms with Crippen LogP contribution < -0.4 is 9.47 Å². The number of nitrogens with zero attached hydrogens (tertiary/aromatic N) is 2. The van der Waals surface area contributed by atoms with Gasteiger partial charge in [-0.3, -0.25) is 4.79 Å². The zero-order valence-electron chi connectivity index (χ0n) is 15.2. The Bertz CT molecular complexity index is 1110. The van der Waals surface area contributed by atoms with Crippen LogP contribution in [0.5, 0.6) is 11.5 Å². The minimum absolute atomic E-state index is 0.250. The van der Waals surface area contributed by atoms with Crippen LogP contribution in [0.25, 0.3) is 33.2 Å². The Labute approximate surface area is 155 Å². The molecule has 0 saturated heterocycles. The second kappa shape index (κ2) is 7.74. The maximum absolute atomic E-state index is 8.36. The number of ether oxygens (including phenoxy) is 2. The first-order chi connectivity index (χ1) is 13.1. The third kappa shape index (κ3) is 3.39. The molecule has 0 radical (unpaired) electrons. The van der Waals surface area contributed by atoms with Gasteiger partial charge in [0.25, 0.3) is 6.47 Å². The molecule has 0 fully saturated rings. The third-order valence-electron chi connectivity index (χ3n) is 4.25. The molecule has 0 aliphatic heterocycles. The molecule has 2 N–H and O–H groups in total. The molecular weight excluding hydrogens is 346 g/mol. The van der Waals surface area contributed by atoms with E-state index in [1.54, 1.807) is 20.4 Å². The van der Waals surface area contributed by atoms with Crippen molar-refractivity contribution >= 4 is 28.4 Å². The van der Waals surface area contributed by atoms with Crippen molar-refractivity contribution in [2.24, 2.45) is 0 Å². The maximum atomic E-state index is 8.36. The van der Waals surface area contributed by atoms with Crippen molar-refractivity contribution in [3.8, 4) is 22.8 Å². The van der Waals surface area contributed by atoms with E-state index in [2.05, 4.69) is 23.0 Å². The standard InChI is InChI=1S/C19H17N3O2.CH2O2/c1-11-7-15(14-10-21-19-12(14)5-4-6-20-19)22-16-9-18(24-3)17(23-2)8-13(11)16;2-1-3/h4-10H,1-3H3,(H,20,21);1H,(H,2,3). The smallest absolute Gasteiger partial charge is 0.290 e. The van der Waals surface area contributed by atoms with Crippen LogP contribution in [0.3, 0.4) is 0 Å². The van der Waals surface area contributed by atoms with Crippen molar-refractivity contribution in [1.29, 1.82) is 0 Å². The summed E-state index contributed by atoms with van der Waals surface area (Å²) in [5.41, 5.74) is 4.82. The van der Waals surface area contributed by atoms with Crippen LogP contribution in [-0.4, -0.2) is 40.8 Å². The summed E-state index contributed by atoms with van der Waals surface area (Å²) in [6.07, 6.45) is 3.73. The van der Waals surface area contributed by atoms with E-state index < -0.39 is 0 Å². The first-order valence-electron chi connectivity index (χ1n) is 8.16. The van der Waals surface area contributed by atoms with Crippen LogP contribution in [0.2, 0.25) is 0 Å². The van der Waals surface area contributed by atoms with E-state index in [4.69, 9.17) is 24.4 Å². The van der Waals surface area contributed by atoms with E-state index in [9.17, 15) is 0 Å². The Kier molecular flexibility index (Phi) is 5.21. The van der Waals surface area contributed by atoms with Gasteiger partial charge in [-0.25, -0.2) is 9.97 Å². The van der Waals surface area contributed by atoms with E-state index in [-0.39, 0.29) is 6.47 Å². The number of methoxy groups -OCH3 is 2. The number of aromatic amines is 1. The number of H-pyrrole nitrogens is 1. The van der Waals surface area contributed by atoms with Crippen molar-refractivity contribution in [1.82, 2.24) is 15.0 Å². The molecule has 3 heterocycles. The van der Waals surface area contributed by atoms with Crippen molar-refractivity contribution in [2.75, 3.05) is 14.2 Å². The fourth-order valence-electron chi connectivity index (χ4n) is 3.03. The van der Waals surface area contributed by atoms with Crippen molar-refractivity contribution in [3.63, 3.8) is 0 Å². The molecule has 0 bridgehead atoms. The predicted molar refractivity (Wildman–Crippen MR) is 103 cm³/mol. The Morgan fingerprint density at radius 1 is 1.11 bits per heavy atom. The van der Waals surface area contributed by atoms with Crippen LogP contribution in [0.15, 0.2) is 42.7 Å². The van der Waals surface area contributed by atoms with E-state index in [1.165, 1.54) is 0 Å². The van der Waals surface area contributed by atoms with Crippen molar-refractivity contribution < 1.29 is 19.4 Å². The highest BCUT2D eigenvalue weighted by Crippen LogP contribution is 2.35. The number of benzene rings is 1. The fraction of sp³-hybridized carbons (Fsp3) is 0.150. The highest BCUT2D eigenvalue weighted by atomic mass is 16.5. The lowest BCUT2D eigenvalue weighted by Crippen LogP contribution is -1.94. The lowest BCUT2D eigenvalue weighted by atomic mass is 10.0. The molecule has 0 aliphatic rings. The SMILES string of the molecule is COc1cc2nc(-c3c[nH]c4ncccc34)cc(C)c2cc1OC.O=CO. The summed E-state index contributed by atoms with van der Waals surface area (Å²) in [4.78, 5) is 20.7. The second-order valence-corrected chi connectivity index (χ2v) is 5.76. The van der Waals surface area contributed by atoms with E-state index in [1.807, 2.05) is 30.5 Å². The number of pyridine rings is 2. The summed E-state index contributed by atoms with van der Waals surface area (Å²) in [6.45, 7) is 1.83. The molecule has 0 amide bonds. The largest absolute Gasteiger partial charge is 0.493 e. The molecule has 0 unspecified atom stereocenters. The zero-order valence-corrected chi connectivity index (χ0v) is 15.2. The van der Waals surface area contributed by atoms with E-state index in [0.29, 0.717) is 11.5 Å². The quantitative estimate of drug-likeness (QED) is 0.536. The van der Waals surface area contributed by atoms with Gasteiger partial charge in [-0.2, -0.15) is 0 Å². The molecule has 1 aromatic carbocycles. The van der Waals surface area contributed by atoms with Gasteiger partial charge in [-0.05, 0) is 36.8 Å². The lowest BCUT2D eigenvalue weighted by molar-refractivity contribution is -0.122. The monoisotopic (exact) mass is 365 g/mol. The highest BCUT2D eigenvalue weighted by molar-refractivity contribution is 5.95. The third-order valence-corrected chi connectivity index (χ3v) is 4.25. The average Bonchev–Trinajstić information content (AvgIpc) is 3.11. The van der Waals surface area contributed by atoms with Gasteiger partial charge in [-0.1, -0.05) is 0 Å². The van der Waals surface area contributed by atoms with Gasteiger partial charge >= 0.3 is 0 Å². The van der Waals surface area contributed by atoms with Gasteiger partial charge in [-0.15, -0.1) is 0 Å². The number of fused-ring (bicyclic) bond motifs is 2. The molecule has 4 aromatic rings. The molecular formula is C20H19N3O4. The predicted octanol–water partition coefficient (Wildman–Crippen LogP) is 3.80. The number of aromatic nitrogens is 3. The van der Waals surface area contributed by atoms with Gasteiger partial charge in [0.05, 0.1) is 25.4 Å². The first-order valence-corrected chi connectivity index (χ1v) is 8.16. The molecule has 4 rings (SSSR count). The summed E-state index contributed by atoms with van der Waals surface area (Å²) in [5.74, 6) is 1.38. The van der Waals surface area contributed by atoms with Gasteiger partial charge in [0.2, 0.25) is 0 Å². The Balaban J connectivity index is 0.000000659. The molecule has 27 heavy (non-hydrogen) atoms. The maximum Gasteiger partial charge on any atom is 0.290 e. The molecule has 3 aromatic heterocycles. The van der Waals surface area contributed by atoms with Gasteiger partial charge in [0.15, 0.2) is 11.5 Å². The van der Waals surface area contributed by atoms with Crippen molar-refractivity contribution in [2.45, 2.75) is 6.92 Å². The normalized spacial score (nSPS) is 10.3. The molecule has 0 saturated carbocycles. The van der Waals surface area contributed by atoms with Gasteiger partial charge < -0.3 is 19.6 Å². The van der Waals surface area contributed by atoms with Crippen LogP contribution in [0.4, 0.5) is 0 Å². The van der Waals surface area contributed by atoms with Gasteiger partial charge in [0, 0.05) is 34.8 Å². The first kappa shape index (κ1) is 18.2. The summed E-state index contributed by atoms with van der Waals surface area (Å²) in [7, 11) is 3.27. The average molecular weight is 365 g/mol. The molecule has 0 spiro atoms. The fourth-order valence-corrected chi connectivity index (χ4v) is 3.03. The number of carboxylic acid groups (broad SMARTS) is 1. The number of nitrogens with one attached hydrogen (secondary N) is 1. The van der Waals surface area contributed by atoms with Crippen molar-refractivity contribution in [3.05, 3.63) is 48.3 Å². The van der Waals surface area contributed by atoms with Crippen LogP contribution in [-0.2, 0) is 4.79 Å². The second-order valence-electron chi connectivity index (χ2n) is 5.76. The molecule has 7 heteroatoms. The van der Waals surface area contributed by atoms with E-state index in [0.717, 1.165) is 38.8 Å². The summed E-state index contributed by atoms with van der Waals surface area (Å²) in [6, 6.07) is 9.95. The van der Waals surface area contributed by atoms with Crippen LogP contribution in [0, 0.1) is 6.92 Å². The minimum atomic E-state index is -0.250. The summed E-state index contributed by atoms with van der Waals surface area (Å²) < 4.78 is 10.8. The lowest BCUT2D eigenvalue weighted by Gasteiger charge is -2.11. The topological polar surface area (TPSA) is 97.3 Å². The molecule has 0 aliphatic carbocycles. The number of hydrogen-bond acceptors (Lipinski definition) is 5. The minimum Gasteiger partial charge on any atom is -0.493 e. The Hall–Kier alpha value is -3.61. The van der Waals surface area contributed by atoms with Crippen LogP contribution >= 0.6 is 0 Å². The molecule has 138 valence electrons. The Morgan fingerprint density at radius 2 is 1.81 bits per heavy atom. The number of aryl methyl sites for hydroxylation is 1. The molecule has 7 nitrogen and oxygen atoms in total. The molecule has 0 atom stereocenters. The highest BCUT2D eigenvalue weighted by Gasteiger charge is 2.13. The number of hydrogen-bond donors (Lipinski definition) is 2. The summed E-state index contributed by atoms with van der Waals surface area (Å²) >= 11 is 0. The zero-order chi connectivity index (χ0) is 19.4. The van der Waals surface area contributed by atoms with Crippen LogP contribution in [0.1, 0.15) is 5.56 Å². The van der Waals surface area contributed by atoms with Gasteiger partial charge in [0.1, 0.15) is 5.65 Å².